The van der Waals surface area contributed by atoms with E-state index < -0.39 is 18.0 Å². The lowest BCUT2D eigenvalue weighted by atomic mass is 10.1. The largest absolute Gasteiger partial charge is 0.497 e. The predicted octanol–water partition coefficient (Wildman–Crippen LogP) is 3.86. The van der Waals surface area contributed by atoms with Crippen LogP contribution in [0.5, 0.6) is 11.5 Å². The molecule has 2 aromatic carbocycles. The van der Waals surface area contributed by atoms with Gasteiger partial charge in [0.1, 0.15) is 11.5 Å². The Kier molecular flexibility index (Phi) is 7.49. The fourth-order valence-corrected chi connectivity index (χ4v) is 2.59. The van der Waals surface area contributed by atoms with Crippen molar-refractivity contribution in [2.45, 2.75) is 25.9 Å². The Balaban J connectivity index is 1.82. The summed E-state index contributed by atoms with van der Waals surface area (Å²) in [6.45, 7) is 1.52. The summed E-state index contributed by atoms with van der Waals surface area (Å²) in [6, 6.07) is 12.3. The summed E-state index contributed by atoms with van der Waals surface area (Å²) in [5.41, 5.74) is 1.48. The van der Waals surface area contributed by atoms with Crippen LogP contribution in [-0.4, -0.2) is 32.2 Å². The second-order valence-corrected chi connectivity index (χ2v) is 6.23. The average molecular weight is 392 g/mol. The number of carbonyl (C=O) groups is 2. The van der Waals surface area contributed by atoms with Crippen LogP contribution in [0, 0.1) is 0 Å². The Hall–Kier alpha value is -2.73. The maximum absolute atomic E-state index is 12.2. The van der Waals surface area contributed by atoms with Gasteiger partial charge in [0, 0.05) is 12.1 Å². The monoisotopic (exact) mass is 391 g/mol. The smallest absolute Gasteiger partial charge is 0.306 e. The molecule has 0 bridgehead atoms. The van der Waals surface area contributed by atoms with Crippen LogP contribution in [0.1, 0.15) is 18.9 Å². The van der Waals surface area contributed by atoms with E-state index in [1.165, 1.54) is 14.0 Å². The van der Waals surface area contributed by atoms with E-state index in [-0.39, 0.29) is 6.42 Å². The minimum Gasteiger partial charge on any atom is -0.497 e. The fourth-order valence-electron chi connectivity index (χ4n) is 2.34. The first-order valence-electron chi connectivity index (χ1n) is 8.39. The molecule has 0 fully saturated rings. The molecule has 0 radical (unpaired) electrons. The predicted molar refractivity (Wildman–Crippen MR) is 104 cm³/mol. The SMILES string of the molecule is COc1ccc(CCC(=O)O[C@H](C)C(=O)Nc2ccc(OC)c(Cl)c2)cc1. The number of hydrogen-bond donors (Lipinski definition) is 1. The van der Waals surface area contributed by atoms with Gasteiger partial charge < -0.3 is 19.5 Å². The van der Waals surface area contributed by atoms with Crippen LogP contribution in [0.25, 0.3) is 0 Å². The first-order valence-corrected chi connectivity index (χ1v) is 8.77. The van der Waals surface area contributed by atoms with Crippen LogP contribution in [0.2, 0.25) is 5.02 Å². The molecule has 0 spiro atoms. The van der Waals surface area contributed by atoms with Crippen molar-refractivity contribution >= 4 is 29.2 Å². The van der Waals surface area contributed by atoms with Gasteiger partial charge >= 0.3 is 5.97 Å². The van der Waals surface area contributed by atoms with Crippen LogP contribution in [0.15, 0.2) is 42.5 Å². The molecule has 0 saturated carbocycles. The van der Waals surface area contributed by atoms with Gasteiger partial charge in [0.15, 0.2) is 6.10 Å². The topological polar surface area (TPSA) is 73.9 Å². The molecule has 0 aliphatic heterocycles. The van der Waals surface area contributed by atoms with Crippen LogP contribution in [0.4, 0.5) is 5.69 Å². The number of hydrogen-bond acceptors (Lipinski definition) is 5. The van der Waals surface area contributed by atoms with Gasteiger partial charge in [-0.25, -0.2) is 0 Å². The molecule has 0 saturated heterocycles. The molecule has 2 rings (SSSR count). The van der Waals surface area contributed by atoms with Crippen molar-refractivity contribution in [3.63, 3.8) is 0 Å². The van der Waals surface area contributed by atoms with Gasteiger partial charge in [0.25, 0.3) is 5.91 Å². The molecular weight excluding hydrogens is 370 g/mol. The van der Waals surface area contributed by atoms with Crippen LogP contribution in [-0.2, 0) is 20.7 Å². The van der Waals surface area contributed by atoms with E-state index in [4.69, 9.17) is 25.8 Å². The van der Waals surface area contributed by atoms with Crippen molar-refractivity contribution in [1.82, 2.24) is 0 Å². The van der Waals surface area contributed by atoms with E-state index in [0.29, 0.717) is 22.9 Å². The highest BCUT2D eigenvalue weighted by molar-refractivity contribution is 6.32. The van der Waals surface area contributed by atoms with E-state index in [2.05, 4.69) is 5.32 Å². The number of anilines is 1. The fraction of sp³-hybridized carbons (Fsp3) is 0.300. The second kappa shape index (κ2) is 9.83. The van der Waals surface area contributed by atoms with E-state index in [1.807, 2.05) is 24.3 Å². The number of esters is 1. The molecule has 1 amide bonds. The number of benzene rings is 2. The molecule has 0 aliphatic carbocycles. The van der Waals surface area contributed by atoms with Gasteiger partial charge in [-0.1, -0.05) is 23.7 Å². The van der Waals surface area contributed by atoms with Crippen molar-refractivity contribution in [3.8, 4) is 11.5 Å². The van der Waals surface area contributed by atoms with Crippen LogP contribution >= 0.6 is 11.6 Å². The molecular formula is C20H22ClNO5. The lowest BCUT2D eigenvalue weighted by molar-refractivity contribution is -0.153. The minimum atomic E-state index is -0.922. The second-order valence-electron chi connectivity index (χ2n) is 5.82. The highest BCUT2D eigenvalue weighted by atomic mass is 35.5. The Morgan fingerprint density at radius 3 is 2.37 bits per heavy atom. The molecule has 0 unspecified atom stereocenters. The van der Waals surface area contributed by atoms with E-state index >= 15 is 0 Å². The van der Waals surface area contributed by atoms with Crippen molar-refractivity contribution in [3.05, 3.63) is 53.1 Å². The molecule has 27 heavy (non-hydrogen) atoms. The molecule has 0 aromatic heterocycles. The summed E-state index contributed by atoms with van der Waals surface area (Å²) in [6.07, 6.45) is -0.224. The maximum atomic E-state index is 12.2. The van der Waals surface area contributed by atoms with E-state index in [1.54, 1.807) is 25.3 Å². The summed E-state index contributed by atoms with van der Waals surface area (Å²) in [5, 5.41) is 3.03. The van der Waals surface area contributed by atoms with Gasteiger partial charge in [0.05, 0.1) is 19.2 Å². The standard InChI is InChI=1S/C20H22ClNO5/c1-13(20(24)22-15-7-10-18(26-3)17(21)12-15)27-19(23)11-6-14-4-8-16(25-2)9-5-14/h4-5,7-10,12-13H,6,11H2,1-3H3,(H,22,24)/t13-/m1/s1. The minimum absolute atomic E-state index is 0.179. The third-order valence-electron chi connectivity index (χ3n) is 3.87. The van der Waals surface area contributed by atoms with Crippen LogP contribution < -0.4 is 14.8 Å². The van der Waals surface area contributed by atoms with Gasteiger partial charge in [0.2, 0.25) is 0 Å². The summed E-state index contributed by atoms with van der Waals surface area (Å²) < 4.78 is 15.3. The molecule has 1 N–H and O–H groups in total. The maximum Gasteiger partial charge on any atom is 0.306 e. The van der Waals surface area contributed by atoms with Gasteiger partial charge in [-0.05, 0) is 49.2 Å². The molecule has 6 nitrogen and oxygen atoms in total. The number of amides is 1. The first-order chi connectivity index (χ1) is 12.9. The quantitative estimate of drug-likeness (QED) is 0.691. The van der Waals surface area contributed by atoms with Gasteiger partial charge in [-0.15, -0.1) is 0 Å². The zero-order valence-corrected chi connectivity index (χ0v) is 16.2. The third-order valence-corrected chi connectivity index (χ3v) is 4.17. The first kappa shape index (κ1) is 20.6. The third kappa shape index (κ3) is 6.18. The lowest BCUT2D eigenvalue weighted by Gasteiger charge is -2.14. The zero-order chi connectivity index (χ0) is 19.8. The number of methoxy groups -OCH3 is 2. The average Bonchev–Trinajstić information content (AvgIpc) is 2.66. The number of aryl methyl sites for hydroxylation is 1. The summed E-state index contributed by atoms with van der Waals surface area (Å²) in [7, 11) is 3.10. The highest BCUT2D eigenvalue weighted by Crippen LogP contribution is 2.27. The molecule has 1 atom stereocenters. The number of nitrogens with one attached hydrogen (secondary N) is 1. The van der Waals surface area contributed by atoms with Crippen LogP contribution in [0.3, 0.4) is 0 Å². The van der Waals surface area contributed by atoms with E-state index in [9.17, 15) is 9.59 Å². The molecule has 7 heteroatoms. The number of halogens is 1. The Morgan fingerprint density at radius 1 is 1.07 bits per heavy atom. The zero-order valence-electron chi connectivity index (χ0n) is 15.5. The van der Waals surface area contributed by atoms with Crippen molar-refractivity contribution in [2.75, 3.05) is 19.5 Å². The Labute approximate surface area is 163 Å². The summed E-state index contributed by atoms with van der Waals surface area (Å²) >= 11 is 6.03. The van der Waals surface area contributed by atoms with Crippen molar-refractivity contribution in [1.29, 1.82) is 0 Å². The number of ether oxygens (including phenoxy) is 3. The Bertz CT molecular complexity index is 791. The lowest BCUT2D eigenvalue weighted by Crippen LogP contribution is -2.30. The molecule has 2 aromatic rings. The van der Waals surface area contributed by atoms with E-state index in [0.717, 1.165) is 11.3 Å². The van der Waals surface area contributed by atoms with Gasteiger partial charge in [-0.3, -0.25) is 9.59 Å². The summed E-state index contributed by atoms with van der Waals surface area (Å²) in [4.78, 5) is 24.2. The summed E-state index contributed by atoms with van der Waals surface area (Å²) in [5.74, 6) is 0.383. The van der Waals surface area contributed by atoms with Crippen molar-refractivity contribution < 1.29 is 23.8 Å². The molecule has 0 aliphatic rings. The number of carbonyl (C=O) groups excluding carboxylic acids is 2. The molecule has 144 valence electrons. The highest BCUT2D eigenvalue weighted by Gasteiger charge is 2.18. The normalized spacial score (nSPS) is 11.4. The van der Waals surface area contributed by atoms with Gasteiger partial charge in [-0.2, -0.15) is 0 Å². The van der Waals surface area contributed by atoms with Crippen molar-refractivity contribution in [2.24, 2.45) is 0 Å². The number of rotatable bonds is 8. The Morgan fingerprint density at radius 2 is 1.78 bits per heavy atom. The molecule has 0 heterocycles.